The van der Waals surface area contributed by atoms with Gasteiger partial charge in [-0.2, -0.15) is 5.10 Å². The SMILES string of the molecule is Cc1ccc(O)c(-c2nn(C)cc2-c2ccc(NC(=O)[C@H]3CS(=O)(=O)CCN3C(=O)[C@H](NC(=O)OC(C)(C)C)c3ccccc3)cc2)c1. The lowest BCUT2D eigenvalue weighted by atomic mass is 9.99. The zero-order valence-electron chi connectivity index (χ0n) is 27.4. The Labute approximate surface area is 279 Å². The van der Waals surface area contributed by atoms with Gasteiger partial charge in [0.25, 0.3) is 5.91 Å². The van der Waals surface area contributed by atoms with Gasteiger partial charge in [0.2, 0.25) is 5.91 Å². The molecule has 3 aromatic carbocycles. The highest BCUT2D eigenvalue weighted by atomic mass is 32.2. The fourth-order valence-corrected chi connectivity index (χ4v) is 6.96. The van der Waals surface area contributed by atoms with Crippen molar-refractivity contribution in [2.45, 2.75) is 45.4 Å². The number of nitrogens with zero attached hydrogens (tertiary/aromatic N) is 3. The van der Waals surface area contributed by atoms with E-state index < -0.39 is 51.2 Å². The van der Waals surface area contributed by atoms with Gasteiger partial charge in [-0.25, -0.2) is 13.2 Å². The molecule has 0 unspecified atom stereocenters. The minimum Gasteiger partial charge on any atom is -0.507 e. The maximum Gasteiger partial charge on any atom is 0.408 e. The number of anilines is 1. The van der Waals surface area contributed by atoms with E-state index in [4.69, 9.17) is 4.74 Å². The molecule has 3 N–H and O–H groups in total. The first kappa shape index (κ1) is 34.2. The number of amides is 3. The van der Waals surface area contributed by atoms with Crippen LogP contribution in [-0.2, 0) is 31.2 Å². The van der Waals surface area contributed by atoms with Crippen LogP contribution in [0.3, 0.4) is 0 Å². The molecule has 12 nitrogen and oxygen atoms in total. The van der Waals surface area contributed by atoms with Crippen LogP contribution in [0.25, 0.3) is 22.4 Å². The Morgan fingerprint density at radius 1 is 1.00 bits per heavy atom. The summed E-state index contributed by atoms with van der Waals surface area (Å²) >= 11 is 0. The number of benzene rings is 3. The van der Waals surface area contributed by atoms with Crippen LogP contribution in [0, 0.1) is 6.92 Å². The van der Waals surface area contributed by atoms with Crippen molar-refractivity contribution in [3.8, 4) is 28.1 Å². The number of rotatable bonds is 7. The van der Waals surface area contributed by atoms with Crippen molar-refractivity contribution in [1.82, 2.24) is 20.0 Å². The number of phenolic OH excluding ortho intramolecular Hbond substituents is 1. The van der Waals surface area contributed by atoms with Crippen molar-refractivity contribution in [3.05, 3.63) is 90.1 Å². The van der Waals surface area contributed by atoms with Gasteiger partial charge >= 0.3 is 6.09 Å². The topological polar surface area (TPSA) is 160 Å². The molecule has 5 rings (SSSR count). The molecule has 252 valence electrons. The summed E-state index contributed by atoms with van der Waals surface area (Å²) in [6, 6.07) is 18.1. The Kier molecular flexibility index (Phi) is 9.62. The van der Waals surface area contributed by atoms with Crippen molar-refractivity contribution in [3.63, 3.8) is 0 Å². The van der Waals surface area contributed by atoms with Crippen LogP contribution < -0.4 is 10.6 Å². The largest absolute Gasteiger partial charge is 0.507 e. The van der Waals surface area contributed by atoms with Gasteiger partial charge in [-0.3, -0.25) is 14.3 Å². The second kappa shape index (κ2) is 13.5. The number of carbonyl (C=O) groups is 3. The van der Waals surface area contributed by atoms with E-state index in [2.05, 4.69) is 15.7 Å². The Morgan fingerprint density at radius 3 is 2.35 bits per heavy atom. The van der Waals surface area contributed by atoms with Crippen molar-refractivity contribution in [2.75, 3.05) is 23.4 Å². The molecule has 4 aromatic rings. The summed E-state index contributed by atoms with van der Waals surface area (Å²) in [5, 5.41) is 20.5. The fraction of sp³-hybridized carbons (Fsp3) is 0.314. The Hall–Kier alpha value is -5.17. The molecule has 1 aliphatic rings. The lowest BCUT2D eigenvalue weighted by Gasteiger charge is -2.37. The van der Waals surface area contributed by atoms with Gasteiger partial charge in [0.05, 0.1) is 11.5 Å². The molecular formula is C35H39N5O7S. The number of hydrogen-bond donors (Lipinski definition) is 3. The molecule has 0 spiro atoms. The number of aromatic nitrogens is 2. The summed E-state index contributed by atoms with van der Waals surface area (Å²) in [6.45, 7) is 6.78. The summed E-state index contributed by atoms with van der Waals surface area (Å²) in [6.07, 6.45) is 1.00. The fourth-order valence-electron chi connectivity index (χ4n) is 5.51. The Balaban J connectivity index is 1.39. The van der Waals surface area contributed by atoms with Crippen molar-refractivity contribution in [2.24, 2.45) is 7.05 Å². The summed E-state index contributed by atoms with van der Waals surface area (Å²) in [4.78, 5) is 41.7. The summed E-state index contributed by atoms with van der Waals surface area (Å²) in [5.41, 5.74) is 3.67. The molecular weight excluding hydrogens is 634 g/mol. The molecule has 0 aliphatic carbocycles. The zero-order valence-corrected chi connectivity index (χ0v) is 28.2. The van der Waals surface area contributed by atoms with Crippen LogP contribution in [0.15, 0.2) is 79.0 Å². The number of nitrogens with one attached hydrogen (secondary N) is 2. The monoisotopic (exact) mass is 673 g/mol. The minimum atomic E-state index is -3.65. The Morgan fingerprint density at radius 2 is 1.69 bits per heavy atom. The van der Waals surface area contributed by atoms with Crippen LogP contribution in [-0.4, -0.2) is 75.8 Å². The van der Waals surface area contributed by atoms with Crippen LogP contribution in [0.2, 0.25) is 0 Å². The third-order valence-corrected chi connectivity index (χ3v) is 9.39. The van der Waals surface area contributed by atoms with E-state index in [1.165, 1.54) is 4.90 Å². The van der Waals surface area contributed by atoms with Gasteiger partial charge in [0.15, 0.2) is 9.84 Å². The van der Waals surface area contributed by atoms with Crippen LogP contribution in [0.5, 0.6) is 5.75 Å². The lowest BCUT2D eigenvalue weighted by Crippen LogP contribution is -2.58. The Bertz CT molecular complexity index is 1930. The van der Waals surface area contributed by atoms with Gasteiger partial charge < -0.3 is 25.4 Å². The number of hydrogen-bond acceptors (Lipinski definition) is 8. The molecule has 13 heteroatoms. The highest BCUT2D eigenvalue weighted by Gasteiger charge is 2.42. The molecule has 0 bridgehead atoms. The first-order chi connectivity index (χ1) is 22.6. The standard InChI is InChI=1S/C35H39N5O7S/c1-22-11-16-29(41)26(19-22)31-27(20-39(5)38-31)23-12-14-25(15-13-23)36-32(42)28-21-48(45,46)18-17-40(28)33(43)30(24-9-7-6-8-10-24)37-34(44)47-35(2,3)4/h6-16,19-20,28,30,41H,17-18,21H2,1-5H3,(H,36,42)(H,37,44)/t28-,30-/m1/s1. The predicted octanol–water partition coefficient (Wildman–Crippen LogP) is 4.60. The highest BCUT2D eigenvalue weighted by Crippen LogP contribution is 2.36. The number of ether oxygens (including phenoxy) is 1. The summed E-state index contributed by atoms with van der Waals surface area (Å²) in [7, 11) is -1.86. The number of aromatic hydroxyl groups is 1. The third-order valence-electron chi connectivity index (χ3n) is 7.76. The van der Waals surface area contributed by atoms with Gasteiger partial charge in [0, 0.05) is 36.6 Å². The average molecular weight is 674 g/mol. The molecule has 2 heterocycles. The number of sulfone groups is 1. The van der Waals surface area contributed by atoms with E-state index in [1.54, 1.807) is 93.2 Å². The quantitative estimate of drug-likeness (QED) is 0.257. The number of carbonyl (C=O) groups excluding carboxylic acids is 3. The van der Waals surface area contributed by atoms with Crippen molar-refractivity contribution in [1.29, 1.82) is 0 Å². The average Bonchev–Trinajstić information content (AvgIpc) is 3.41. The molecule has 0 saturated carbocycles. The van der Waals surface area contributed by atoms with Gasteiger partial charge in [0.1, 0.15) is 29.1 Å². The molecule has 1 aromatic heterocycles. The molecule has 3 amide bonds. The predicted molar refractivity (Wildman–Crippen MR) is 182 cm³/mol. The van der Waals surface area contributed by atoms with E-state index >= 15 is 0 Å². The molecule has 48 heavy (non-hydrogen) atoms. The minimum absolute atomic E-state index is 0.0989. The van der Waals surface area contributed by atoms with Crippen molar-refractivity contribution >= 4 is 33.4 Å². The summed E-state index contributed by atoms with van der Waals surface area (Å²) in [5.74, 6) is -2.12. The number of aryl methyl sites for hydroxylation is 2. The van der Waals surface area contributed by atoms with Crippen LogP contribution in [0.4, 0.5) is 10.5 Å². The van der Waals surface area contributed by atoms with E-state index in [0.29, 0.717) is 22.5 Å². The molecule has 0 radical (unpaired) electrons. The van der Waals surface area contributed by atoms with E-state index in [-0.39, 0.29) is 18.0 Å². The third kappa shape index (κ3) is 8.03. The molecule has 1 fully saturated rings. The maximum absolute atomic E-state index is 14.0. The first-order valence-corrected chi connectivity index (χ1v) is 17.2. The van der Waals surface area contributed by atoms with E-state index in [1.807, 2.05) is 25.3 Å². The van der Waals surface area contributed by atoms with E-state index in [9.17, 15) is 27.9 Å². The number of alkyl carbamates (subject to hydrolysis) is 1. The second-order valence-corrected chi connectivity index (χ2v) is 15.0. The molecule has 1 aliphatic heterocycles. The first-order valence-electron chi connectivity index (χ1n) is 15.4. The highest BCUT2D eigenvalue weighted by molar-refractivity contribution is 7.91. The van der Waals surface area contributed by atoms with E-state index in [0.717, 1.165) is 16.7 Å². The van der Waals surface area contributed by atoms with Gasteiger partial charge in [-0.05, 0) is 63.1 Å². The van der Waals surface area contributed by atoms with Crippen LogP contribution >= 0.6 is 0 Å². The van der Waals surface area contributed by atoms with Gasteiger partial charge in [-0.15, -0.1) is 0 Å². The van der Waals surface area contributed by atoms with Crippen molar-refractivity contribution < 1.29 is 32.6 Å². The normalized spacial score (nSPS) is 16.5. The van der Waals surface area contributed by atoms with Crippen LogP contribution in [0.1, 0.15) is 37.9 Å². The molecule has 2 atom stereocenters. The summed E-state index contributed by atoms with van der Waals surface area (Å²) < 4.78 is 32.5. The maximum atomic E-state index is 14.0. The molecule has 1 saturated heterocycles. The second-order valence-electron chi connectivity index (χ2n) is 12.8. The smallest absolute Gasteiger partial charge is 0.408 e. The number of phenols is 1. The zero-order chi connectivity index (χ0) is 34.8. The van der Waals surface area contributed by atoms with Gasteiger partial charge in [-0.1, -0.05) is 54.1 Å². The lowest BCUT2D eigenvalue weighted by molar-refractivity contribution is -0.139.